The number of carbonyl (C=O) groups excluding carboxylic acids is 1. The van der Waals surface area contributed by atoms with Gasteiger partial charge in [-0.25, -0.2) is 0 Å². The molecule has 0 N–H and O–H groups in total. The van der Waals surface area contributed by atoms with E-state index in [9.17, 15) is 4.79 Å². The first kappa shape index (κ1) is 20.9. The average Bonchev–Trinajstić information content (AvgIpc) is 3.15. The zero-order valence-corrected chi connectivity index (χ0v) is 18.1. The SMILES string of the molecule is CCn1c(SCC(=O)N(C)Cc2cccc(OC)c2)nnc1-c1cccc(C)c1. The lowest BCUT2D eigenvalue weighted by Crippen LogP contribution is -2.27. The summed E-state index contributed by atoms with van der Waals surface area (Å²) in [6.07, 6.45) is 0. The van der Waals surface area contributed by atoms with Gasteiger partial charge in [0.05, 0.1) is 12.9 Å². The van der Waals surface area contributed by atoms with E-state index in [0.717, 1.165) is 34.4 Å². The first-order chi connectivity index (χ1) is 14.0. The number of rotatable bonds is 8. The third kappa shape index (κ3) is 5.17. The van der Waals surface area contributed by atoms with Crippen molar-refractivity contribution in [2.24, 2.45) is 0 Å². The van der Waals surface area contributed by atoms with E-state index in [4.69, 9.17) is 4.74 Å². The molecule has 1 aromatic heterocycles. The van der Waals surface area contributed by atoms with Gasteiger partial charge in [0.1, 0.15) is 5.75 Å². The highest BCUT2D eigenvalue weighted by molar-refractivity contribution is 7.99. The molecule has 29 heavy (non-hydrogen) atoms. The zero-order chi connectivity index (χ0) is 20.8. The minimum atomic E-state index is 0.0422. The molecule has 6 nitrogen and oxygen atoms in total. The summed E-state index contributed by atoms with van der Waals surface area (Å²) in [5.41, 5.74) is 3.24. The molecule has 0 aliphatic heterocycles. The Bertz CT molecular complexity index is 986. The fourth-order valence-electron chi connectivity index (χ4n) is 3.05. The topological polar surface area (TPSA) is 60.2 Å². The van der Waals surface area contributed by atoms with Crippen molar-refractivity contribution in [1.82, 2.24) is 19.7 Å². The smallest absolute Gasteiger partial charge is 0.233 e. The van der Waals surface area contributed by atoms with Gasteiger partial charge in [-0.1, -0.05) is 47.7 Å². The molecule has 1 amide bonds. The van der Waals surface area contributed by atoms with Gasteiger partial charge in [0.2, 0.25) is 5.91 Å². The summed E-state index contributed by atoms with van der Waals surface area (Å²) in [6.45, 7) is 5.39. The molecule has 0 saturated carbocycles. The largest absolute Gasteiger partial charge is 0.497 e. The van der Waals surface area contributed by atoms with E-state index in [-0.39, 0.29) is 5.91 Å². The van der Waals surface area contributed by atoms with Crippen molar-refractivity contribution in [2.45, 2.75) is 32.1 Å². The number of carbonyl (C=O) groups is 1. The van der Waals surface area contributed by atoms with Crippen molar-refractivity contribution in [1.29, 1.82) is 0 Å². The van der Waals surface area contributed by atoms with Gasteiger partial charge in [-0.15, -0.1) is 10.2 Å². The molecule has 3 aromatic rings. The summed E-state index contributed by atoms with van der Waals surface area (Å²) in [6, 6.07) is 16.0. The van der Waals surface area contributed by atoms with Gasteiger partial charge in [0, 0.05) is 25.7 Å². The molecule has 0 unspecified atom stereocenters. The van der Waals surface area contributed by atoms with E-state index in [2.05, 4.69) is 40.7 Å². The highest BCUT2D eigenvalue weighted by atomic mass is 32.2. The number of amides is 1. The van der Waals surface area contributed by atoms with Crippen molar-refractivity contribution in [2.75, 3.05) is 19.9 Å². The van der Waals surface area contributed by atoms with Crippen LogP contribution in [0.15, 0.2) is 53.7 Å². The normalized spacial score (nSPS) is 10.8. The Kier molecular flexibility index (Phi) is 6.93. The van der Waals surface area contributed by atoms with Gasteiger partial charge in [-0.05, 0) is 37.6 Å². The van der Waals surface area contributed by atoms with Crippen molar-refractivity contribution in [3.05, 3.63) is 59.7 Å². The number of hydrogen-bond donors (Lipinski definition) is 0. The highest BCUT2D eigenvalue weighted by Gasteiger charge is 2.16. The molecular weight excluding hydrogens is 384 g/mol. The van der Waals surface area contributed by atoms with Crippen LogP contribution < -0.4 is 4.74 Å². The average molecular weight is 411 g/mol. The molecule has 0 radical (unpaired) electrons. The van der Waals surface area contributed by atoms with Crippen LogP contribution in [0.5, 0.6) is 5.75 Å². The Balaban J connectivity index is 1.65. The van der Waals surface area contributed by atoms with Crippen LogP contribution in [0.25, 0.3) is 11.4 Å². The second kappa shape index (κ2) is 9.60. The summed E-state index contributed by atoms with van der Waals surface area (Å²) < 4.78 is 7.30. The van der Waals surface area contributed by atoms with Gasteiger partial charge >= 0.3 is 0 Å². The second-order valence-corrected chi connectivity index (χ2v) is 7.75. The summed E-state index contributed by atoms with van der Waals surface area (Å²) in [5.74, 6) is 1.97. The Morgan fingerprint density at radius 1 is 1.17 bits per heavy atom. The number of hydrogen-bond acceptors (Lipinski definition) is 5. The summed E-state index contributed by atoms with van der Waals surface area (Å²) in [4.78, 5) is 14.3. The lowest BCUT2D eigenvalue weighted by Gasteiger charge is -2.17. The molecule has 0 bridgehead atoms. The molecule has 2 aromatic carbocycles. The fourth-order valence-corrected chi connectivity index (χ4v) is 3.99. The number of benzene rings is 2. The van der Waals surface area contributed by atoms with E-state index in [1.807, 2.05) is 43.4 Å². The zero-order valence-electron chi connectivity index (χ0n) is 17.3. The maximum absolute atomic E-state index is 12.6. The molecule has 3 rings (SSSR count). The molecule has 152 valence electrons. The van der Waals surface area contributed by atoms with Crippen LogP contribution in [0.2, 0.25) is 0 Å². The number of aryl methyl sites for hydroxylation is 1. The Labute approximate surface area is 175 Å². The third-order valence-electron chi connectivity index (χ3n) is 4.61. The second-order valence-electron chi connectivity index (χ2n) is 6.81. The van der Waals surface area contributed by atoms with Crippen molar-refractivity contribution in [3.8, 4) is 17.1 Å². The summed E-state index contributed by atoms with van der Waals surface area (Å²) >= 11 is 1.42. The monoisotopic (exact) mass is 410 g/mol. The van der Waals surface area contributed by atoms with Crippen LogP contribution in [-0.4, -0.2) is 45.5 Å². The van der Waals surface area contributed by atoms with Gasteiger partial charge in [0.15, 0.2) is 11.0 Å². The van der Waals surface area contributed by atoms with Crippen molar-refractivity contribution < 1.29 is 9.53 Å². The minimum absolute atomic E-state index is 0.0422. The molecule has 0 spiro atoms. The van der Waals surface area contributed by atoms with E-state index in [1.165, 1.54) is 17.3 Å². The van der Waals surface area contributed by atoms with Gasteiger partial charge < -0.3 is 14.2 Å². The number of thioether (sulfide) groups is 1. The molecule has 0 saturated heterocycles. The molecule has 7 heteroatoms. The first-order valence-electron chi connectivity index (χ1n) is 9.51. The van der Waals surface area contributed by atoms with Crippen LogP contribution in [0.3, 0.4) is 0 Å². The van der Waals surface area contributed by atoms with E-state index < -0.39 is 0 Å². The number of methoxy groups -OCH3 is 1. The molecule has 0 aliphatic rings. The summed E-state index contributed by atoms with van der Waals surface area (Å²) in [5, 5.41) is 9.44. The van der Waals surface area contributed by atoms with Gasteiger partial charge in [-0.3, -0.25) is 4.79 Å². The Hall–Kier alpha value is -2.80. The van der Waals surface area contributed by atoms with Gasteiger partial charge in [0.25, 0.3) is 0 Å². The maximum Gasteiger partial charge on any atom is 0.233 e. The third-order valence-corrected chi connectivity index (χ3v) is 5.57. The number of ether oxygens (including phenoxy) is 1. The molecular formula is C22H26N4O2S. The van der Waals surface area contributed by atoms with Crippen LogP contribution in [0.1, 0.15) is 18.1 Å². The van der Waals surface area contributed by atoms with Crippen molar-refractivity contribution in [3.63, 3.8) is 0 Å². The molecule has 0 aliphatic carbocycles. The standard InChI is InChI=1S/C22H26N4O2S/c1-5-26-21(18-10-6-8-16(2)12-18)23-24-22(26)29-15-20(27)25(3)14-17-9-7-11-19(13-17)28-4/h6-13H,5,14-15H2,1-4H3. The minimum Gasteiger partial charge on any atom is -0.497 e. The number of aromatic nitrogens is 3. The lowest BCUT2D eigenvalue weighted by molar-refractivity contribution is -0.127. The van der Waals surface area contributed by atoms with E-state index in [1.54, 1.807) is 12.0 Å². The highest BCUT2D eigenvalue weighted by Crippen LogP contribution is 2.25. The van der Waals surface area contributed by atoms with E-state index in [0.29, 0.717) is 12.3 Å². The predicted octanol–water partition coefficient (Wildman–Crippen LogP) is 4.03. The lowest BCUT2D eigenvalue weighted by atomic mass is 10.1. The first-order valence-corrected chi connectivity index (χ1v) is 10.5. The van der Waals surface area contributed by atoms with Gasteiger partial charge in [-0.2, -0.15) is 0 Å². The van der Waals surface area contributed by atoms with E-state index >= 15 is 0 Å². The molecule has 1 heterocycles. The van der Waals surface area contributed by atoms with Crippen LogP contribution in [-0.2, 0) is 17.9 Å². The Morgan fingerprint density at radius 2 is 1.97 bits per heavy atom. The number of nitrogens with zero attached hydrogens (tertiary/aromatic N) is 4. The van der Waals surface area contributed by atoms with Crippen LogP contribution in [0, 0.1) is 6.92 Å². The van der Waals surface area contributed by atoms with Crippen LogP contribution in [0.4, 0.5) is 0 Å². The molecule has 0 atom stereocenters. The maximum atomic E-state index is 12.6. The quantitative estimate of drug-likeness (QED) is 0.525. The summed E-state index contributed by atoms with van der Waals surface area (Å²) in [7, 11) is 3.45. The Morgan fingerprint density at radius 3 is 2.69 bits per heavy atom. The van der Waals surface area contributed by atoms with Crippen LogP contribution >= 0.6 is 11.8 Å². The predicted molar refractivity (Wildman–Crippen MR) is 116 cm³/mol. The molecule has 0 fully saturated rings. The fraction of sp³-hybridized carbons (Fsp3) is 0.318. The van der Waals surface area contributed by atoms with Crippen molar-refractivity contribution >= 4 is 17.7 Å².